The fourth-order valence-electron chi connectivity index (χ4n) is 4.56. The zero-order valence-corrected chi connectivity index (χ0v) is 18.6. The van der Waals surface area contributed by atoms with Crippen LogP contribution in [0.25, 0.3) is 0 Å². The van der Waals surface area contributed by atoms with E-state index in [-0.39, 0.29) is 25.0 Å². The summed E-state index contributed by atoms with van der Waals surface area (Å²) in [6, 6.07) is 7.03. The number of para-hydroxylation sites is 1. The van der Waals surface area contributed by atoms with Gasteiger partial charge in [0.1, 0.15) is 12.1 Å². The quantitative estimate of drug-likeness (QED) is 0.619. The Morgan fingerprint density at radius 3 is 2.38 bits per heavy atom. The molecule has 2 aliphatic rings. The number of hydrogen-bond acceptors (Lipinski definition) is 4. The summed E-state index contributed by atoms with van der Waals surface area (Å²) in [6.45, 7) is 1.98. The van der Waals surface area contributed by atoms with Crippen LogP contribution >= 0.6 is 0 Å². The second-order valence-electron chi connectivity index (χ2n) is 8.67. The Balaban J connectivity index is 1.66. The van der Waals surface area contributed by atoms with Gasteiger partial charge in [0.2, 0.25) is 17.7 Å². The van der Waals surface area contributed by atoms with Gasteiger partial charge >= 0.3 is 6.03 Å². The van der Waals surface area contributed by atoms with Crippen molar-refractivity contribution in [2.45, 2.75) is 57.5 Å². The average molecular weight is 444 g/mol. The van der Waals surface area contributed by atoms with Gasteiger partial charge in [-0.1, -0.05) is 50.3 Å². The predicted molar refractivity (Wildman–Crippen MR) is 121 cm³/mol. The van der Waals surface area contributed by atoms with Gasteiger partial charge < -0.3 is 26.2 Å². The Morgan fingerprint density at radius 1 is 1.06 bits per heavy atom. The van der Waals surface area contributed by atoms with E-state index in [1.54, 1.807) is 12.1 Å². The molecule has 0 bridgehead atoms. The van der Waals surface area contributed by atoms with Crippen molar-refractivity contribution in [2.24, 2.45) is 11.7 Å². The lowest BCUT2D eigenvalue weighted by Gasteiger charge is -2.40. The standard InChI is InChI=1S/C23H33N5O4/c1-16(29)28-13-12-27(23(32)25-18-10-6-3-7-11-18)15-20(28)22(31)26-19(21(24)30)14-17-8-4-2-5-9-17/h3,6-7,10-11,17,19-20H,2,4-5,8-9,12-15H2,1H3,(H2,24,30)(H,25,32)(H,26,31)/t19-,20-/m0/s1. The summed E-state index contributed by atoms with van der Waals surface area (Å²) in [5.74, 6) is -0.939. The van der Waals surface area contributed by atoms with E-state index < -0.39 is 23.9 Å². The average Bonchev–Trinajstić information content (AvgIpc) is 2.79. The van der Waals surface area contributed by atoms with E-state index in [2.05, 4.69) is 10.6 Å². The molecule has 3 rings (SSSR count). The number of anilines is 1. The van der Waals surface area contributed by atoms with Crippen molar-refractivity contribution in [3.63, 3.8) is 0 Å². The molecule has 32 heavy (non-hydrogen) atoms. The van der Waals surface area contributed by atoms with Crippen LogP contribution in [0.3, 0.4) is 0 Å². The number of nitrogens with two attached hydrogens (primary N) is 1. The number of primary amides is 1. The number of hydrogen-bond donors (Lipinski definition) is 3. The first-order chi connectivity index (χ1) is 15.3. The monoisotopic (exact) mass is 443 g/mol. The predicted octanol–water partition coefficient (Wildman–Crippen LogP) is 1.69. The van der Waals surface area contributed by atoms with Gasteiger partial charge in [-0.15, -0.1) is 0 Å². The van der Waals surface area contributed by atoms with Gasteiger partial charge in [-0.2, -0.15) is 0 Å². The third-order valence-corrected chi connectivity index (χ3v) is 6.35. The molecule has 5 amide bonds. The molecule has 1 aliphatic heterocycles. The number of benzene rings is 1. The number of nitrogens with zero attached hydrogens (tertiary/aromatic N) is 2. The lowest BCUT2D eigenvalue weighted by molar-refractivity contribution is -0.142. The maximum absolute atomic E-state index is 13.1. The van der Waals surface area contributed by atoms with Crippen molar-refractivity contribution in [1.29, 1.82) is 0 Å². The summed E-state index contributed by atoms with van der Waals surface area (Å²) < 4.78 is 0. The first-order valence-corrected chi connectivity index (χ1v) is 11.3. The molecule has 0 radical (unpaired) electrons. The van der Waals surface area contributed by atoms with Crippen LogP contribution in [-0.2, 0) is 14.4 Å². The van der Waals surface area contributed by atoms with Crippen LogP contribution in [0.4, 0.5) is 10.5 Å². The highest BCUT2D eigenvalue weighted by Crippen LogP contribution is 2.27. The highest BCUT2D eigenvalue weighted by atomic mass is 16.2. The molecule has 1 heterocycles. The molecule has 9 heteroatoms. The Morgan fingerprint density at radius 2 is 1.75 bits per heavy atom. The first kappa shape index (κ1) is 23.6. The third-order valence-electron chi connectivity index (χ3n) is 6.35. The number of urea groups is 1. The topological polar surface area (TPSA) is 125 Å². The van der Waals surface area contributed by atoms with Crippen molar-refractivity contribution >= 4 is 29.4 Å². The van der Waals surface area contributed by atoms with E-state index in [9.17, 15) is 19.2 Å². The minimum Gasteiger partial charge on any atom is -0.368 e. The van der Waals surface area contributed by atoms with E-state index in [0.717, 1.165) is 25.7 Å². The molecule has 174 valence electrons. The SMILES string of the molecule is CC(=O)N1CCN(C(=O)Nc2ccccc2)C[C@H]1C(=O)N[C@@H](CC1CCCCC1)C(N)=O. The van der Waals surface area contributed by atoms with Crippen molar-refractivity contribution in [2.75, 3.05) is 25.0 Å². The summed E-state index contributed by atoms with van der Waals surface area (Å²) in [5.41, 5.74) is 6.23. The van der Waals surface area contributed by atoms with Crippen molar-refractivity contribution in [3.05, 3.63) is 30.3 Å². The van der Waals surface area contributed by atoms with Gasteiger partial charge in [-0.05, 0) is 24.5 Å². The minimum atomic E-state index is -0.879. The largest absolute Gasteiger partial charge is 0.368 e. The second kappa shape index (κ2) is 11.0. The number of rotatable bonds is 6. The fourth-order valence-corrected chi connectivity index (χ4v) is 4.56. The maximum atomic E-state index is 13.1. The lowest BCUT2D eigenvalue weighted by Crippen LogP contribution is -2.63. The maximum Gasteiger partial charge on any atom is 0.321 e. The van der Waals surface area contributed by atoms with Gasteiger partial charge in [0, 0.05) is 25.7 Å². The van der Waals surface area contributed by atoms with E-state index in [1.807, 2.05) is 18.2 Å². The Kier molecular flexibility index (Phi) is 8.08. The van der Waals surface area contributed by atoms with Crippen LogP contribution in [0.1, 0.15) is 45.4 Å². The fraction of sp³-hybridized carbons (Fsp3) is 0.565. The number of nitrogens with one attached hydrogen (secondary N) is 2. The van der Waals surface area contributed by atoms with Crippen LogP contribution in [0.5, 0.6) is 0 Å². The van der Waals surface area contributed by atoms with E-state index in [1.165, 1.54) is 23.1 Å². The first-order valence-electron chi connectivity index (χ1n) is 11.3. The molecule has 1 aliphatic carbocycles. The zero-order chi connectivity index (χ0) is 23.1. The van der Waals surface area contributed by atoms with Gasteiger partial charge in [0.15, 0.2) is 0 Å². The number of carbonyl (C=O) groups excluding carboxylic acids is 4. The zero-order valence-electron chi connectivity index (χ0n) is 18.6. The van der Waals surface area contributed by atoms with Gasteiger partial charge in [-0.3, -0.25) is 14.4 Å². The van der Waals surface area contributed by atoms with Gasteiger partial charge in [-0.25, -0.2) is 4.79 Å². The molecule has 2 fully saturated rings. The van der Waals surface area contributed by atoms with Crippen molar-refractivity contribution < 1.29 is 19.2 Å². The second-order valence-corrected chi connectivity index (χ2v) is 8.67. The Labute approximate surface area is 188 Å². The normalized spacial score (nSPS) is 20.3. The van der Waals surface area contributed by atoms with Gasteiger partial charge in [0.05, 0.1) is 6.54 Å². The van der Waals surface area contributed by atoms with Gasteiger partial charge in [0.25, 0.3) is 0 Å². The van der Waals surface area contributed by atoms with Crippen LogP contribution in [0.2, 0.25) is 0 Å². The molecule has 9 nitrogen and oxygen atoms in total. The van der Waals surface area contributed by atoms with E-state index in [0.29, 0.717) is 24.6 Å². The van der Waals surface area contributed by atoms with Crippen LogP contribution in [0.15, 0.2) is 30.3 Å². The molecular weight excluding hydrogens is 410 g/mol. The van der Waals surface area contributed by atoms with E-state index >= 15 is 0 Å². The molecule has 0 aromatic heterocycles. The molecule has 4 N–H and O–H groups in total. The highest BCUT2D eigenvalue weighted by molar-refractivity contribution is 5.93. The van der Waals surface area contributed by atoms with E-state index in [4.69, 9.17) is 5.73 Å². The van der Waals surface area contributed by atoms with Crippen LogP contribution < -0.4 is 16.4 Å². The molecule has 1 saturated heterocycles. The molecular formula is C23H33N5O4. The summed E-state index contributed by atoms with van der Waals surface area (Å²) in [5, 5.41) is 5.57. The number of amides is 5. The van der Waals surface area contributed by atoms with Crippen molar-refractivity contribution in [1.82, 2.24) is 15.1 Å². The Bertz CT molecular complexity index is 825. The Hall–Kier alpha value is -3.10. The molecule has 1 aromatic rings. The molecule has 2 atom stereocenters. The summed E-state index contributed by atoms with van der Waals surface area (Å²) in [6.07, 6.45) is 5.99. The van der Waals surface area contributed by atoms with Crippen molar-refractivity contribution in [3.8, 4) is 0 Å². The van der Waals surface area contributed by atoms with Crippen LogP contribution in [0, 0.1) is 5.92 Å². The summed E-state index contributed by atoms with van der Waals surface area (Å²) in [4.78, 5) is 53.0. The molecule has 0 spiro atoms. The molecule has 0 unspecified atom stereocenters. The van der Waals surface area contributed by atoms with Crippen LogP contribution in [-0.4, -0.2) is 65.3 Å². The number of piperazine rings is 1. The lowest BCUT2D eigenvalue weighted by atomic mass is 9.84. The minimum absolute atomic E-state index is 0.0407. The highest BCUT2D eigenvalue weighted by Gasteiger charge is 2.37. The third kappa shape index (κ3) is 6.21. The number of carbonyl (C=O) groups is 4. The molecule has 1 saturated carbocycles. The summed E-state index contributed by atoms with van der Waals surface area (Å²) >= 11 is 0. The molecule has 1 aromatic carbocycles. The summed E-state index contributed by atoms with van der Waals surface area (Å²) in [7, 11) is 0. The smallest absolute Gasteiger partial charge is 0.321 e.